The fraction of sp³-hybridized carbons (Fsp3) is 0.241. The highest BCUT2D eigenvalue weighted by molar-refractivity contribution is 5.94. The van der Waals surface area contributed by atoms with Crippen LogP contribution in [0.2, 0.25) is 0 Å². The normalized spacial score (nSPS) is 12.8. The zero-order valence-corrected chi connectivity index (χ0v) is 20.5. The van der Waals surface area contributed by atoms with E-state index < -0.39 is 29.7 Å². The van der Waals surface area contributed by atoms with Crippen LogP contribution in [0.4, 0.5) is 8.78 Å². The zero-order valence-electron chi connectivity index (χ0n) is 20.5. The Labute approximate surface area is 214 Å². The highest BCUT2D eigenvalue weighted by Crippen LogP contribution is 2.18. The fourth-order valence-corrected chi connectivity index (χ4v) is 4.11. The van der Waals surface area contributed by atoms with Crippen molar-refractivity contribution in [2.45, 2.75) is 38.5 Å². The van der Waals surface area contributed by atoms with Gasteiger partial charge in [0.15, 0.2) is 0 Å². The van der Waals surface area contributed by atoms with Crippen molar-refractivity contribution in [1.29, 1.82) is 0 Å². The Bertz CT molecular complexity index is 1290. The summed E-state index contributed by atoms with van der Waals surface area (Å²) in [6.07, 6.45) is 2.95. The number of oxazole rings is 1. The van der Waals surface area contributed by atoms with Gasteiger partial charge >= 0.3 is 0 Å². The Morgan fingerprint density at radius 1 is 1.00 bits per heavy atom. The van der Waals surface area contributed by atoms with E-state index >= 15 is 0 Å². The van der Waals surface area contributed by atoms with Gasteiger partial charge in [0.1, 0.15) is 17.9 Å². The van der Waals surface area contributed by atoms with Crippen LogP contribution in [0, 0.1) is 11.6 Å². The van der Waals surface area contributed by atoms with Gasteiger partial charge in [-0.3, -0.25) is 4.79 Å². The number of carbonyl (C=O) groups is 1. The number of hydrogen-bond acceptors (Lipinski definition) is 5. The molecule has 2 atom stereocenters. The van der Waals surface area contributed by atoms with Crippen LogP contribution in [-0.2, 0) is 19.4 Å². The van der Waals surface area contributed by atoms with Crippen LogP contribution >= 0.6 is 0 Å². The first-order valence-corrected chi connectivity index (χ1v) is 12.1. The van der Waals surface area contributed by atoms with Gasteiger partial charge in [-0.25, -0.2) is 13.8 Å². The van der Waals surface area contributed by atoms with Crippen LogP contribution < -0.4 is 10.6 Å². The van der Waals surface area contributed by atoms with E-state index in [1.54, 1.807) is 24.3 Å². The molecule has 0 aliphatic carbocycles. The van der Waals surface area contributed by atoms with E-state index in [-0.39, 0.29) is 13.0 Å². The number of aryl methyl sites for hydroxylation is 1. The van der Waals surface area contributed by atoms with Crippen molar-refractivity contribution >= 4 is 5.91 Å². The van der Waals surface area contributed by atoms with Gasteiger partial charge in [-0.1, -0.05) is 31.2 Å². The van der Waals surface area contributed by atoms with E-state index in [0.29, 0.717) is 29.1 Å². The first kappa shape index (κ1) is 26.2. The zero-order chi connectivity index (χ0) is 26.2. The van der Waals surface area contributed by atoms with Gasteiger partial charge in [0.2, 0.25) is 5.89 Å². The third-order valence-electron chi connectivity index (χ3n) is 6.07. The van der Waals surface area contributed by atoms with Gasteiger partial charge in [-0.05, 0) is 65.9 Å². The number of halogens is 2. The summed E-state index contributed by atoms with van der Waals surface area (Å²) in [6.45, 7) is 2.78. The van der Waals surface area contributed by atoms with E-state index in [2.05, 4.69) is 34.7 Å². The Kier molecular flexibility index (Phi) is 8.77. The second kappa shape index (κ2) is 12.4. The van der Waals surface area contributed by atoms with E-state index in [0.717, 1.165) is 18.1 Å². The van der Waals surface area contributed by atoms with Gasteiger partial charge < -0.3 is 20.2 Å². The molecule has 0 aliphatic rings. The maximum absolute atomic E-state index is 13.8. The largest absolute Gasteiger partial charge is 0.445 e. The SMILES string of the molecule is CCc1cccc(CNC[C@H](O)[C@H](Cc2cc(F)cc(F)c2)NC(=O)c2ccc(-c3ncco3)cc2)c1. The first-order valence-electron chi connectivity index (χ1n) is 12.1. The van der Waals surface area contributed by atoms with Crippen molar-refractivity contribution < 1.29 is 23.1 Å². The lowest BCUT2D eigenvalue weighted by Gasteiger charge is -2.25. The van der Waals surface area contributed by atoms with E-state index in [1.165, 1.54) is 30.2 Å². The number of rotatable bonds is 11. The number of hydrogen-bond donors (Lipinski definition) is 3. The minimum Gasteiger partial charge on any atom is -0.445 e. The second-order valence-electron chi connectivity index (χ2n) is 8.85. The Balaban J connectivity index is 1.45. The smallest absolute Gasteiger partial charge is 0.251 e. The van der Waals surface area contributed by atoms with E-state index in [4.69, 9.17) is 4.42 Å². The number of aliphatic hydroxyl groups is 1. The van der Waals surface area contributed by atoms with Crippen molar-refractivity contribution in [3.8, 4) is 11.5 Å². The van der Waals surface area contributed by atoms with E-state index in [1.807, 2.05) is 12.1 Å². The molecule has 6 nitrogen and oxygen atoms in total. The van der Waals surface area contributed by atoms with Gasteiger partial charge in [0, 0.05) is 30.3 Å². The molecule has 8 heteroatoms. The predicted octanol–water partition coefficient (Wildman–Crippen LogP) is 4.67. The van der Waals surface area contributed by atoms with Crippen LogP contribution in [0.15, 0.2) is 83.6 Å². The molecule has 192 valence electrons. The molecule has 0 spiro atoms. The van der Waals surface area contributed by atoms with Crippen molar-refractivity contribution in [3.05, 3.63) is 113 Å². The molecule has 0 bridgehead atoms. The maximum atomic E-state index is 13.8. The molecule has 1 amide bonds. The molecular formula is C29H29F2N3O3. The molecule has 0 aliphatic heterocycles. The average Bonchev–Trinajstić information content (AvgIpc) is 3.43. The summed E-state index contributed by atoms with van der Waals surface area (Å²) in [4.78, 5) is 17.1. The summed E-state index contributed by atoms with van der Waals surface area (Å²) in [5.74, 6) is -1.42. The Morgan fingerprint density at radius 3 is 2.41 bits per heavy atom. The van der Waals surface area contributed by atoms with E-state index in [9.17, 15) is 18.7 Å². The van der Waals surface area contributed by atoms with Crippen LogP contribution in [0.5, 0.6) is 0 Å². The summed E-state index contributed by atoms with van der Waals surface area (Å²) < 4.78 is 32.9. The van der Waals surface area contributed by atoms with Gasteiger partial charge in [0.25, 0.3) is 5.91 Å². The highest BCUT2D eigenvalue weighted by atomic mass is 19.1. The quantitative estimate of drug-likeness (QED) is 0.276. The lowest BCUT2D eigenvalue weighted by molar-refractivity contribution is 0.0830. The molecule has 0 saturated heterocycles. The van der Waals surface area contributed by atoms with Crippen molar-refractivity contribution in [1.82, 2.24) is 15.6 Å². The number of aromatic nitrogens is 1. The average molecular weight is 506 g/mol. The molecule has 3 N–H and O–H groups in total. The van der Waals surface area contributed by atoms with Gasteiger partial charge in [0.05, 0.1) is 18.3 Å². The summed E-state index contributed by atoms with van der Waals surface area (Å²) in [5, 5.41) is 17.0. The maximum Gasteiger partial charge on any atom is 0.251 e. The standard InChI is InChI=1S/C29H29F2N3O3/c1-2-19-4-3-5-20(12-19)17-32-18-27(35)26(15-21-13-24(30)16-25(31)14-21)34-28(36)22-6-8-23(9-7-22)29-33-10-11-37-29/h3-14,16,26-27,32,35H,2,15,17-18H2,1H3,(H,34,36)/t26-,27-/m0/s1. The minimum atomic E-state index is -1.02. The molecule has 4 aromatic rings. The summed E-state index contributed by atoms with van der Waals surface area (Å²) in [5.41, 5.74) is 3.70. The van der Waals surface area contributed by atoms with Crippen molar-refractivity contribution in [3.63, 3.8) is 0 Å². The van der Waals surface area contributed by atoms with Gasteiger partial charge in [-0.15, -0.1) is 0 Å². The monoisotopic (exact) mass is 505 g/mol. The van der Waals surface area contributed by atoms with Crippen LogP contribution in [0.1, 0.15) is 34.0 Å². The van der Waals surface area contributed by atoms with Gasteiger partial charge in [-0.2, -0.15) is 0 Å². The molecule has 3 aromatic carbocycles. The topological polar surface area (TPSA) is 87.4 Å². The summed E-state index contributed by atoms with van der Waals surface area (Å²) in [7, 11) is 0. The van der Waals surface area contributed by atoms with Crippen LogP contribution in [0.3, 0.4) is 0 Å². The number of benzene rings is 3. The Hall–Kier alpha value is -3.88. The number of nitrogens with zero attached hydrogens (tertiary/aromatic N) is 1. The number of carbonyl (C=O) groups excluding carboxylic acids is 1. The predicted molar refractivity (Wildman–Crippen MR) is 137 cm³/mol. The molecule has 0 radical (unpaired) electrons. The Morgan fingerprint density at radius 2 is 1.73 bits per heavy atom. The number of nitrogens with one attached hydrogen (secondary N) is 2. The molecule has 0 saturated carbocycles. The van der Waals surface area contributed by atoms with Crippen molar-refractivity contribution in [2.24, 2.45) is 0 Å². The molecule has 1 aromatic heterocycles. The van der Waals surface area contributed by atoms with Crippen molar-refractivity contribution in [2.75, 3.05) is 6.54 Å². The lowest BCUT2D eigenvalue weighted by Crippen LogP contribution is -2.48. The number of amides is 1. The molecule has 4 rings (SSSR count). The van der Waals surface area contributed by atoms with Crippen LogP contribution in [-0.4, -0.2) is 34.7 Å². The van der Waals surface area contributed by atoms with Crippen LogP contribution in [0.25, 0.3) is 11.5 Å². The molecule has 1 heterocycles. The molecule has 0 unspecified atom stereocenters. The lowest BCUT2D eigenvalue weighted by atomic mass is 9.99. The fourth-order valence-electron chi connectivity index (χ4n) is 4.11. The molecular weight excluding hydrogens is 476 g/mol. The molecule has 0 fully saturated rings. The highest BCUT2D eigenvalue weighted by Gasteiger charge is 2.23. The third-order valence-corrected chi connectivity index (χ3v) is 6.07. The minimum absolute atomic E-state index is 0.0446. The second-order valence-corrected chi connectivity index (χ2v) is 8.85. The number of aliphatic hydroxyl groups excluding tert-OH is 1. The summed E-state index contributed by atoms with van der Waals surface area (Å²) in [6, 6.07) is 17.2. The third kappa shape index (κ3) is 7.31. The first-order chi connectivity index (χ1) is 17.9. The molecule has 37 heavy (non-hydrogen) atoms. The summed E-state index contributed by atoms with van der Waals surface area (Å²) >= 11 is 0.